The van der Waals surface area contributed by atoms with Gasteiger partial charge >= 0.3 is 0 Å². The van der Waals surface area contributed by atoms with Gasteiger partial charge in [0.1, 0.15) is 0 Å². The predicted octanol–water partition coefficient (Wildman–Crippen LogP) is 1.89. The van der Waals surface area contributed by atoms with Crippen molar-refractivity contribution in [2.24, 2.45) is 0 Å². The van der Waals surface area contributed by atoms with Crippen molar-refractivity contribution >= 4 is 6.15 Å². The maximum absolute atomic E-state index is 3.10. The molecule has 1 heteroatoms. The minimum absolute atomic E-state index is 0.354. The molecule has 0 nitrogen and oxygen atoms in total. The van der Waals surface area contributed by atoms with Gasteiger partial charge in [-0.25, -0.2) is 0 Å². The van der Waals surface area contributed by atoms with Crippen LogP contribution >= 0.6 is 0 Å². The topological polar surface area (TPSA) is 0 Å². The SMILES string of the molecule is CC#C[B-](C)(C)C. The minimum atomic E-state index is -0.354. The fraction of sp³-hybridized carbons (Fsp3) is 0.667. The zero-order chi connectivity index (χ0) is 5.91. The molecule has 0 aliphatic rings. The van der Waals surface area contributed by atoms with E-state index in [1.165, 1.54) is 0 Å². The molecule has 0 fully saturated rings. The monoisotopic (exact) mass is 95.1 g/mol. The Kier molecular flexibility index (Phi) is 1.96. The summed E-state index contributed by atoms with van der Waals surface area (Å²) in [6, 6.07) is 0. The normalized spacial score (nSPS) is 9.71. The van der Waals surface area contributed by atoms with Crippen LogP contribution in [0.3, 0.4) is 0 Å². The first-order valence-electron chi connectivity index (χ1n) is 2.77. The van der Waals surface area contributed by atoms with Gasteiger partial charge in [0.15, 0.2) is 0 Å². The van der Waals surface area contributed by atoms with E-state index in [4.69, 9.17) is 0 Å². The summed E-state index contributed by atoms with van der Waals surface area (Å²) < 4.78 is 0. The van der Waals surface area contributed by atoms with Crippen LogP contribution in [0.5, 0.6) is 0 Å². The van der Waals surface area contributed by atoms with Gasteiger partial charge in [-0.2, -0.15) is 26.4 Å². The van der Waals surface area contributed by atoms with Crippen LogP contribution in [-0.4, -0.2) is 6.15 Å². The van der Waals surface area contributed by atoms with E-state index < -0.39 is 0 Å². The Morgan fingerprint density at radius 3 is 1.57 bits per heavy atom. The van der Waals surface area contributed by atoms with Gasteiger partial charge in [-0.15, -0.1) is 0 Å². The molecule has 0 aromatic rings. The van der Waals surface area contributed by atoms with Crippen LogP contribution in [0, 0.1) is 11.7 Å². The average Bonchev–Trinajstić information content (AvgIpc) is 1.30. The Labute approximate surface area is 46.2 Å². The number of hydrogen-bond acceptors (Lipinski definition) is 0. The summed E-state index contributed by atoms with van der Waals surface area (Å²) in [5, 5.41) is 0. The van der Waals surface area contributed by atoms with Crippen LogP contribution in [0.15, 0.2) is 0 Å². The van der Waals surface area contributed by atoms with Gasteiger partial charge in [-0.1, -0.05) is 0 Å². The molecule has 0 saturated heterocycles. The van der Waals surface area contributed by atoms with Crippen LogP contribution in [-0.2, 0) is 0 Å². The lowest BCUT2D eigenvalue weighted by atomic mass is 9.31. The maximum atomic E-state index is 3.10. The zero-order valence-corrected chi connectivity index (χ0v) is 5.58. The van der Waals surface area contributed by atoms with Crippen molar-refractivity contribution in [1.29, 1.82) is 0 Å². The number of hydrogen-bond donors (Lipinski definition) is 0. The van der Waals surface area contributed by atoms with Crippen molar-refractivity contribution in [3.63, 3.8) is 0 Å². The van der Waals surface area contributed by atoms with E-state index in [1.54, 1.807) is 0 Å². The van der Waals surface area contributed by atoms with Crippen LogP contribution < -0.4 is 0 Å². The highest BCUT2D eigenvalue weighted by molar-refractivity contribution is 6.83. The first kappa shape index (κ1) is 6.62. The Hall–Kier alpha value is -0.375. The molecule has 0 aromatic carbocycles. The van der Waals surface area contributed by atoms with E-state index in [-0.39, 0.29) is 6.15 Å². The summed E-state index contributed by atoms with van der Waals surface area (Å²) >= 11 is 0. The van der Waals surface area contributed by atoms with Gasteiger partial charge in [0.2, 0.25) is 0 Å². The molecular formula is C6H12B-. The second kappa shape index (κ2) is 2.07. The molecule has 40 valence electrons. The first-order chi connectivity index (χ1) is 3.06. The van der Waals surface area contributed by atoms with Gasteiger partial charge in [-0.3, -0.25) is 0 Å². The van der Waals surface area contributed by atoms with Gasteiger partial charge in [0, 0.05) is 0 Å². The summed E-state index contributed by atoms with van der Waals surface area (Å²) in [6.07, 6.45) is -0.354. The van der Waals surface area contributed by atoms with E-state index in [2.05, 4.69) is 32.2 Å². The first-order valence-corrected chi connectivity index (χ1v) is 2.77. The lowest BCUT2D eigenvalue weighted by Crippen LogP contribution is -2.15. The molecule has 0 bridgehead atoms. The van der Waals surface area contributed by atoms with Gasteiger partial charge in [-0.05, 0) is 6.92 Å². The summed E-state index contributed by atoms with van der Waals surface area (Å²) in [6.45, 7) is 8.37. The van der Waals surface area contributed by atoms with E-state index in [9.17, 15) is 0 Å². The molecule has 0 atom stereocenters. The van der Waals surface area contributed by atoms with Crippen molar-refractivity contribution < 1.29 is 0 Å². The smallest absolute Gasteiger partial charge is 0.0623 e. The van der Waals surface area contributed by atoms with E-state index >= 15 is 0 Å². The lowest BCUT2D eigenvalue weighted by Gasteiger charge is -2.12. The molecule has 0 N–H and O–H groups in total. The van der Waals surface area contributed by atoms with Crippen molar-refractivity contribution in [3.05, 3.63) is 0 Å². The van der Waals surface area contributed by atoms with Crippen molar-refractivity contribution in [2.75, 3.05) is 0 Å². The van der Waals surface area contributed by atoms with E-state index in [0.717, 1.165) is 0 Å². The summed E-state index contributed by atoms with van der Waals surface area (Å²) in [4.78, 5) is 0. The standard InChI is InChI=1S/C6H12B/c1-5-6-7(2,3)4/h1-4H3/q-1. The Balaban J connectivity index is 3.72. The molecule has 0 rings (SSSR count). The zero-order valence-electron chi connectivity index (χ0n) is 5.58. The molecule has 0 aliphatic heterocycles. The minimum Gasteiger partial charge on any atom is -0.316 e. The number of rotatable bonds is 0. The molecule has 0 saturated carbocycles. The molecule has 0 spiro atoms. The third kappa shape index (κ3) is 5.62. The molecule has 0 aliphatic carbocycles. The third-order valence-corrected chi connectivity index (χ3v) is 0.577. The Morgan fingerprint density at radius 1 is 1.14 bits per heavy atom. The molecule has 0 unspecified atom stereocenters. The molecule has 0 radical (unpaired) electrons. The Morgan fingerprint density at radius 2 is 1.57 bits per heavy atom. The largest absolute Gasteiger partial charge is 0.316 e. The highest BCUT2D eigenvalue weighted by Gasteiger charge is 1.96. The molecule has 0 amide bonds. The highest BCUT2D eigenvalue weighted by Crippen LogP contribution is 1.95. The molecule has 0 aromatic heterocycles. The molecule has 7 heavy (non-hydrogen) atoms. The summed E-state index contributed by atoms with van der Waals surface area (Å²) in [5.41, 5.74) is 0. The fourth-order valence-electron chi connectivity index (χ4n) is 0.433. The average molecular weight is 95.0 g/mol. The van der Waals surface area contributed by atoms with E-state index in [1.807, 2.05) is 6.92 Å². The van der Waals surface area contributed by atoms with Crippen LogP contribution in [0.25, 0.3) is 0 Å². The highest BCUT2D eigenvalue weighted by atomic mass is 13.6. The lowest BCUT2D eigenvalue weighted by molar-refractivity contribution is 1.80. The third-order valence-electron chi connectivity index (χ3n) is 0.577. The quantitative estimate of drug-likeness (QED) is 0.318. The summed E-state index contributed by atoms with van der Waals surface area (Å²) in [7, 11) is 0. The molecule has 0 heterocycles. The maximum Gasteiger partial charge on any atom is 0.0623 e. The van der Waals surface area contributed by atoms with Crippen LogP contribution in [0.4, 0.5) is 0 Å². The van der Waals surface area contributed by atoms with Gasteiger partial charge in [0.05, 0.1) is 6.15 Å². The predicted molar refractivity (Wildman–Crippen MR) is 36.8 cm³/mol. The van der Waals surface area contributed by atoms with Crippen molar-refractivity contribution in [1.82, 2.24) is 0 Å². The van der Waals surface area contributed by atoms with Crippen LogP contribution in [0.2, 0.25) is 20.5 Å². The molecular weight excluding hydrogens is 82.9 g/mol. The second-order valence-electron chi connectivity index (χ2n) is 2.99. The van der Waals surface area contributed by atoms with Crippen molar-refractivity contribution in [3.8, 4) is 11.7 Å². The van der Waals surface area contributed by atoms with Crippen LogP contribution in [0.1, 0.15) is 6.92 Å². The van der Waals surface area contributed by atoms with Crippen molar-refractivity contribution in [2.45, 2.75) is 27.4 Å². The second-order valence-corrected chi connectivity index (χ2v) is 2.99. The summed E-state index contributed by atoms with van der Waals surface area (Å²) in [5.74, 6) is 5.98. The fourth-order valence-corrected chi connectivity index (χ4v) is 0.433. The van der Waals surface area contributed by atoms with Gasteiger partial charge in [0.25, 0.3) is 0 Å². The van der Waals surface area contributed by atoms with Gasteiger partial charge < -0.3 is 5.82 Å². The Bertz CT molecular complexity index is 97.6. The van der Waals surface area contributed by atoms with E-state index in [0.29, 0.717) is 0 Å².